The zero-order valence-electron chi connectivity index (χ0n) is 11.8. The van der Waals surface area contributed by atoms with Crippen molar-refractivity contribution in [2.45, 2.75) is 40.7 Å². The van der Waals surface area contributed by atoms with Crippen molar-refractivity contribution in [3.05, 3.63) is 12.7 Å². The third-order valence-corrected chi connectivity index (χ3v) is 3.19. The molecule has 0 bridgehead atoms. The van der Waals surface area contributed by atoms with Crippen molar-refractivity contribution < 1.29 is 0 Å². The van der Waals surface area contributed by atoms with Crippen LogP contribution >= 0.6 is 0 Å². The molecule has 2 atom stereocenters. The van der Waals surface area contributed by atoms with Crippen LogP contribution in [-0.4, -0.2) is 37.1 Å². The van der Waals surface area contributed by atoms with Crippen LogP contribution in [0.25, 0.3) is 0 Å². The highest BCUT2D eigenvalue weighted by Gasteiger charge is 2.17. The summed E-state index contributed by atoms with van der Waals surface area (Å²) in [5.74, 6) is 1.41. The minimum atomic E-state index is 0.614. The van der Waals surface area contributed by atoms with Crippen LogP contribution in [-0.2, 0) is 0 Å². The summed E-state index contributed by atoms with van der Waals surface area (Å²) in [6, 6.07) is 0.614. The maximum atomic E-state index is 3.82. The van der Waals surface area contributed by atoms with E-state index in [0.29, 0.717) is 12.0 Å². The number of likely N-dealkylation sites (N-methyl/N-ethyl adjacent to an activating group) is 1. The Bertz CT molecular complexity index is 178. The number of nitrogens with one attached hydrogen (secondary N) is 1. The molecule has 2 unspecified atom stereocenters. The zero-order valence-corrected chi connectivity index (χ0v) is 11.8. The summed E-state index contributed by atoms with van der Waals surface area (Å²) in [6.45, 7) is 19.5. The maximum Gasteiger partial charge on any atom is 0.0163 e. The maximum absolute atomic E-state index is 3.82. The predicted molar refractivity (Wildman–Crippen MR) is 73.8 cm³/mol. The van der Waals surface area contributed by atoms with Gasteiger partial charge in [-0.15, -0.1) is 6.58 Å². The molecule has 0 heterocycles. The first-order chi connectivity index (χ1) is 7.52. The Kier molecular flexibility index (Phi) is 8.58. The van der Waals surface area contributed by atoms with Gasteiger partial charge in [-0.3, -0.25) is 4.90 Å². The molecule has 0 aromatic rings. The van der Waals surface area contributed by atoms with Crippen molar-refractivity contribution in [1.29, 1.82) is 0 Å². The molecule has 0 radical (unpaired) electrons. The third kappa shape index (κ3) is 6.29. The van der Waals surface area contributed by atoms with Gasteiger partial charge in [-0.05, 0) is 38.4 Å². The van der Waals surface area contributed by atoms with E-state index < -0.39 is 0 Å². The third-order valence-electron chi connectivity index (χ3n) is 3.19. The molecule has 2 heteroatoms. The molecule has 2 nitrogen and oxygen atoms in total. The fourth-order valence-corrected chi connectivity index (χ4v) is 1.88. The SMILES string of the molecule is C=CCN(CC)C(C)C(C)CNCC(C)C. The van der Waals surface area contributed by atoms with Crippen molar-refractivity contribution in [3.8, 4) is 0 Å². The molecule has 0 amide bonds. The molecule has 0 saturated carbocycles. The zero-order chi connectivity index (χ0) is 12.6. The van der Waals surface area contributed by atoms with Crippen LogP contribution in [0.2, 0.25) is 0 Å². The number of hydrogen-bond acceptors (Lipinski definition) is 2. The Morgan fingerprint density at radius 1 is 1.19 bits per heavy atom. The Hall–Kier alpha value is -0.340. The Balaban J connectivity index is 3.94. The highest BCUT2D eigenvalue weighted by Crippen LogP contribution is 2.10. The lowest BCUT2D eigenvalue weighted by Gasteiger charge is -2.31. The molecule has 0 fully saturated rings. The van der Waals surface area contributed by atoms with Crippen LogP contribution in [0.5, 0.6) is 0 Å². The summed E-state index contributed by atoms with van der Waals surface area (Å²) in [5.41, 5.74) is 0. The normalized spacial score (nSPS) is 15.4. The highest BCUT2D eigenvalue weighted by molar-refractivity contribution is 4.80. The second-order valence-electron chi connectivity index (χ2n) is 5.15. The lowest BCUT2D eigenvalue weighted by atomic mass is 10.0. The molecular weight excluding hydrogens is 196 g/mol. The fraction of sp³-hybridized carbons (Fsp3) is 0.857. The van der Waals surface area contributed by atoms with Gasteiger partial charge >= 0.3 is 0 Å². The van der Waals surface area contributed by atoms with Crippen molar-refractivity contribution >= 4 is 0 Å². The average Bonchev–Trinajstić information content (AvgIpc) is 2.24. The monoisotopic (exact) mass is 226 g/mol. The van der Waals surface area contributed by atoms with E-state index in [1.54, 1.807) is 0 Å². The summed E-state index contributed by atoms with van der Waals surface area (Å²) in [5, 5.41) is 3.53. The molecule has 1 N–H and O–H groups in total. The van der Waals surface area contributed by atoms with Crippen LogP contribution < -0.4 is 5.32 Å². The van der Waals surface area contributed by atoms with Gasteiger partial charge < -0.3 is 5.32 Å². The van der Waals surface area contributed by atoms with Crippen molar-refractivity contribution in [2.24, 2.45) is 11.8 Å². The molecule has 16 heavy (non-hydrogen) atoms. The Labute approximate surface area is 102 Å². The molecule has 0 spiro atoms. The van der Waals surface area contributed by atoms with Crippen molar-refractivity contribution in [3.63, 3.8) is 0 Å². The number of nitrogens with zero attached hydrogens (tertiary/aromatic N) is 1. The molecule has 96 valence electrons. The molecule has 0 aliphatic carbocycles. The molecular formula is C14H30N2. The second kappa shape index (κ2) is 8.77. The molecule has 0 aliphatic heterocycles. The van der Waals surface area contributed by atoms with Gasteiger partial charge in [-0.25, -0.2) is 0 Å². The van der Waals surface area contributed by atoms with Gasteiger partial charge in [0.05, 0.1) is 0 Å². The summed E-state index contributed by atoms with van der Waals surface area (Å²) in [7, 11) is 0. The lowest BCUT2D eigenvalue weighted by Crippen LogP contribution is -2.41. The second-order valence-corrected chi connectivity index (χ2v) is 5.15. The number of hydrogen-bond donors (Lipinski definition) is 1. The Morgan fingerprint density at radius 2 is 1.81 bits per heavy atom. The van der Waals surface area contributed by atoms with Gasteiger partial charge in [-0.1, -0.05) is 33.8 Å². The highest BCUT2D eigenvalue weighted by atomic mass is 15.1. The first kappa shape index (κ1) is 15.7. The van der Waals surface area contributed by atoms with Gasteiger partial charge in [0, 0.05) is 12.6 Å². The van der Waals surface area contributed by atoms with Crippen LogP contribution in [0.3, 0.4) is 0 Å². The van der Waals surface area contributed by atoms with E-state index >= 15 is 0 Å². The summed E-state index contributed by atoms with van der Waals surface area (Å²) >= 11 is 0. The van der Waals surface area contributed by atoms with E-state index in [2.05, 4.69) is 51.4 Å². The van der Waals surface area contributed by atoms with E-state index in [9.17, 15) is 0 Å². The molecule has 0 rings (SSSR count). The van der Waals surface area contributed by atoms with Gasteiger partial charge in [0.15, 0.2) is 0 Å². The van der Waals surface area contributed by atoms with Crippen LogP contribution in [0.4, 0.5) is 0 Å². The van der Waals surface area contributed by atoms with Gasteiger partial charge in [-0.2, -0.15) is 0 Å². The molecule has 0 aromatic carbocycles. The first-order valence-corrected chi connectivity index (χ1v) is 6.58. The first-order valence-electron chi connectivity index (χ1n) is 6.58. The predicted octanol–water partition coefficient (Wildman–Crippen LogP) is 2.76. The fourth-order valence-electron chi connectivity index (χ4n) is 1.88. The van der Waals surface area contributed by atoms with Crippen LogP contribution in [0.15, 0.2) is 12.7 Å². The van der Waals surface area contributed by atoms with Crippen LogP contribution in [0, 0.1) is 11.8 Å². The smallest absolute Gasteiger partial charge is 0.0163 e. The van der Waals surface area contributed by atoms with E-state index in [0.717, 1.165) is 32.1 Å². The van der Waals surface area contributed by atoms with Gasteiger partial charge in [0.1, 0.15) is 0 Å². The van der Waals surface area contributed by atoms with E-state index in [1.165, 1.54) is 0 Å². The number of rotatable bonds is 9. The Morgan fingerprint density at radius 3 is 2.25 bits per heavy atom. The summed E-state index contributed by atoms with van der Waals surface area (Å²) < 4.78 is 0. The molecule has 0 aliphatic rings. The van der Waals surface area contributed by atoms with Gasteiger partial charge in [0.2, 0.25) is 0 Å². The minimum Gasteiger partial charge on any atom is -0.316 e. The van der Waals surface area contributed by atoms with E-state index in [-0.39, 0.29) is 0 Å². The van der Waals surface area contributed by atoms with Crippen molar-refractivity contribution in [2.75, 3.05) is 26.2 Å². The molecule has 0 saturated heterocycles. The van der Waals surface area contributed by atoms with Crippen LogP contribution in [0.1, 0.15) is 34.6 Å². The summed E-state index contributed by atoms with van der Waals surface area (Å²) in [6.07, 6.45) is 1.99. The quantitative estimate of drug-likeness (QED) is 0.608. The largest absolute Gasteiger partial charge is 0.316 e. The van der Waals surface area contributed by atoms with E-state index in [1.807, 2.05) is 6.08 Å². The summed E-state index contributed by atoms with van der Waals surface area (Å²) in [4.78, 5) is 2.47. The van der Waals surface area contributed by atoms with E-state index in [4.69, 9.17) is 0 Å². The lowest BCUT2D eigenvalue weighted by molar-refractivity contribution is 0.184. The molecule has 0 aromatic heterocycles. The van der Waals surface area contributed by atoms with Gasteiger partial charge in [0.25, 0.3) is 0 Å². The standard InChI is InChI=1S/C14H30N2/c1-7-9-16(8-2)14(6)13(5)11-15-10-12(3)4/h7,12-15H,1,8-11H2,2-6H3. The minimum absolute atomic E-state index is 0.614. The average molecular weight is 226 g/mol. The van der Waals surface area contributed by atoms with Crippen molar-refractivity contribution in [1.82, 2.24) is 10.2 Å². The topological polar surface area (TPSA) is 15.3 Å².